The van der Waals surface area contributed by atoms with Crippen LogP contribution in [-0.2, 0) is 25.7 Å². The van der Waals surface area contributed by atoms with Crippen molar-refractivity contribution in [1.82, 2.24) is 20.4 Å². The lowest BCUT2D eigenvalue weighted by atomic mass is 9.44. The molecule has 4 N–H and O–H groups in total. The van der Waals surface area contributed by atoms with Crippen LogP contribution in [0.4, 0.5) is 0 Å². The molecular weight excluding hydrogens is 592 g/mol. The molecule has 0 unspecified atom stereocenters. The summed E-state index contributed by atoms with van der Waals surface area (Å²) in [6, 6.07) is 0. The average Bonchev–Trinajstić information content (AvgIpc) is 3.79. The maximum atomic E-state index is 11.0. The number of hydrogen-bond donors (Lipinski definition) is 4. The maximum absolute atomic E-state index is 11.0. The van der Waals surface area contributed by atoms with Crippen LogP contribution in [0.15, 0.2) is 12.4 Å². The number of H-pyrrole nitrogens is 2. The van der Waals surface area contributed by atoms with Crippen LogP contribution in [0.1, 0.15) is 141 Å². The van der Waals surface area contributed by atoms with Gasteiger partial charge in [0, 0.05) is 11.4 Å². The van der Waals surface area contributed by atoms with Gasteiger partial charge < -0.3 is 10.2 Å². The number of nitrogens with one attached hydrogen (secondary N) is 2. The van der Waals surface area contributed by atoms with Crippen molar-refractivity contribution in [2.24, 2.45) is 69.0 Å². The summed E-state index contributed by atoms with van der Waals surface area (Å²) in [5.74, 6) is 6.43. The second-order valence-corrected chi connectivity index (χ2v) is 20.4. The molecule has 8 aliphatic carbocycles. The number of rotatable bonds is 0. The summed E-state index contributed by atoms with van der Waals surface area (Å²) in [4.78, 5) is 0. The van der Waals surface area contributed by atoms with Crippen LogP contribution in [-0.4, -0.2) is 41.8 Å². The fraction of sp³-hybridized carbons (Fsp3) is 0.857. The highest BCUT2D eigenvalue weighted by Crippen LogP contribution is 2.69. The van der Waals surface area contributed by atoms with Gasteiger partial charge in [-0.15, -0.1) is 0 Å². The molecule has 6 fully saturated rings. The van der Waals surface area contributed by atoms with E-state index in [1.165, 1.54) is 112 Å². The van der Waals surface area contributed by atoms with Crippen molar-refractivity contribution in [2.75, 3.05) is 0 Å². The lowest BCUT2D eigenvalue weighted by molar-refractivity contribution is -0.139. The van der Waals surface area contributed by atoms with Crippen molar-refractivity contribution in [1.29, 1.82) is 0 Å². The van der Waals surface area contributed by atoms with E-state index in [2.05, 4.69) is 74.3 Å². The Kier molecular flexibility index (Phi) is 7.03. The first kappa shape index (κ1) is 32.3. The van der Waals surface area contributed by atoms with Crippen LogP contribution in [0.3, 0.4) is 0 Å². The zero-order chi connectivity index (χ0) is 33.5. The van der Waals surface area contributed by atoms with Crippen molar-refractivity contribution in [3.8, 4) is 0 Å². The van der Waals surface area contributed by atoms with Gasteiger partial charge in [0.15, 0.2) is 0 Å². The van der Waals surface area contributed by atoms with Gasteiger partial charge >= 0.3 is 0 Å². The first-order chi connectivity index (χ1) is 22.7. The van der Waals surface area contributed by atoms with E-state index < -0.39 is 11.2 Å². The molecule has 0 spiro atoms. The fourth-order valence-electron chi connectivity index (χ4n) is 15.4. The SMILES string of the molecule is C[C@]12Cc3cn[nH]c3C[C@@H]1CC[C@@H]1[C@@H]2CC[C@@]2(C)[C@H]1CC[C@]2(C)O.C[C@]12Cc3cn[nH]c3C[C@@H]1CC[C@@H]1[C@@H]2CC[C@@]2(C)[C@H]1CC[C@]2(C)O. The Morgan fingerprint density at radius 2 is 0.938 bits per heavy atom. The number of fused-ring (bicyclic) bond motifs is 12. The Morgan fingerprint density at radius 1 is 0.542 bits per heavy atom. The van der Waals surface area contributed by atoms with Crippen molar-refractivity contribution in [3.05, 3.63) is 34.9 Å². The zero-order valence-electron chi connectivity index (χ0n) is 30.9. The Bertz CT molecular complexity index is 1440. The Balaban J connectivity index is 0.000000131. The van der Waals surface area contributed by atoms with Crippen molar-refractivity contribution in [2.45, 2.75) is 155 Å². The monoisotopic (exact) mass is 657 g/mol. The highest BCUT2D eigenvalue weighted by atomic mass is 16.3. The first-order valence-electron chi connectivity index (χ1n) is 20.2. The van der Waals surface area contributed by atoms with Gasteiger partial charge in [0.05, 0.1) is 23.6 Å². The molecule has 6 saturated carbocycles. The second-order valence-electron chi connectivity index (χ2n) is 20.4. The molecule has 2 aromatic rings. The van der Waals surface area contributed by atoms with E-state index in [0.29, 0.717) is 10.8 Å². The molecule has 0 bridgehead atoms. The summed E-state index contributed by atoms with van der Waals surface area (Å²) in [7, 11) is 0. The molecule has 48 heavy (non-hydrogen) atoms. The second kappa shape index (κ2) is 10.5. The highest BCUT2D eigenvalue weighted by molar-refractivity contribution is 5.27. The van der Waals surface area contributed by atoms with E-state index in [9.17, 15) is 10.2 Å². The van der Waals surface area contributed by atoms with Gasteiger partial charge in [-0.3, -0.25) is 10.2 Å². The van der Waals surface area contributed by atoms with Gasteiger partial charge in [-0.1, -0.05) is 27.7 Å². The van der Waals surface area contributed by atoms with Gasteiger partial charge in [-0.2, -0.15) is 10.2 Å². The van der Waals surface area contributed by atoms with Crippen molar-refractivity contribution >= 4 is 0 Å². The number of aromatic nitrogens is 4. The fourth-order valence-corrected chi connectivity index (χ4v) is 15.4. The Hall–Kier alpha value is -1.66. The Labute approximate surface area is 289 Å². The van der Waals surface area contributed by atoms with Gasteiger partial charge in [-0.05, 0) is 197 Å². The number of nitrogens with zero attached hydrogens (tertiary/aromatic N) is 2. The van der Waals surface area contributed by atoms with Crippen LogP contribution in [0.25, 0.3) is 0 Å². The third-order valence-electron chi connectivity index (χ3n) is 18.9. The standard InChI is InChI=1S/2C21H32N2O/c2*1-19-11-13-12-22-23-18(13)10-14(19)4-5-15-16(19)6-8-20(2)17(15)7-9-21(20,3)24/h2*12,14-17,24H,4-11H2,1-3H3,(H,22,23)/t2*14-,15+,16-,17-,19-,20-,21-/m00/s1. The van der Waals surface area contributed by atoms with E-state index in [-0.39, 0.29) is 10.8 Å². The van der Waals surface area contributed by atoms with E-state index >= 15 is 0 Å². The topological polar surface area (TPSA) is 97.8 Å². The van der Waals surface area contributed by atoms with E-state index in [4.69, 9.17) is 0 Å². The molecule has 264 valence electrons. The van der Waals surface area contributed by atoms with E-state index in [1.807, 2.05) is 0 Å². The summed E-state index contributed by atoms with van der Waals surface area (Å²) in [6.07, 6.45) is 24.0. The number of aliphatic hydroxyl groups is 2. The summed E-state index contributed by atoms with van der Waals surface area (Å²) >= 11 is 0. The number of aromatic amines is 2. The molecule has 10 rings (SSSR count). The molecule has 14 atom stereocenters. The van der Waals surface area contributed by atoms with Gasteiger partial charge in [0.25, 0.3) is 0 Å². The first-order valence-corrected chi connectivity index (χ1v) is 20.2. The molecule has 0 amide bonds. The molecule has 2 heterocycles. The van der Waals surface area contributed by atoms with Gasteiger partial charge in [0.2, 0.25) is 0 Å². The molecule has 0 aliphatic heterocycles. The lowest BCUT2D eigenvalue weighted by Crippen LogP contribution is -2.56. The zero-order valence-corrected chi connectivity index (χ0v) is 30.9. The van der Waals surface area contributed by atoms with E-state index in [1.54, 1.807) is 0 Å². The van der Waals surface area contributed by atoms with Crippen molar-refractivity contribution < 1.29 is 10.2 Å². The molecular formula is C42H64N4O2. The quantitative estimate of drug-likeness (QED) is 0.230. The lowest BCUT2D eigenvalue weighted by Gasteiger charge is -2.60. The molecule has 0 aromatic carbocycles. The highest BCUT2D eigenvalue weighted by Gasteiger charge is 2.65. The van der Waals surface area contributed by atoms with Crippen molar-refractivity contribution in [3.63, 3.8) is 0 Å². The van der Waals surface area contributed by atoms with Crippen LogP contribution in [0.5, 0.6) is 0 Å². The summed E-state index contributed by atoms with van der Waals surface area (Å²) in [5, 5.41) is 37.2. The Morgan fingerprint density at radius 3 is 1.35 bits per heavy atom. The van der Waals surface area contributed by atoms with Crippen LogP contribution >= 0.6 is 0 Å². The van der Waals surface area contributed by atoms with Crippen LogP contribution < -0.4 is 0 Å². The molecule has 6 nitrogen and oxygen atoms in total. The summed E-state index contributed by atoms with van der Waals surface area (Å²) in [5.41, 5.74) is 6.02. The van der Waals surface area contributed by atoms with Crippen LogP contribution in [0, 0.1) is 69.0 Å². The molecule has 8 aliphatic rings. The summed E-state index contributed by atoms with van der Waals surface area (Å²) in [6.45, 7) is 14.2. The van der Waals surface area contributed by atoms with Crippen LogP contribution in [0.2, 0.25) is 0 Å². The third kappa shape index (κ3) is 4.23. The van der Waals surface area contributed by atoms with Gasteiger partial charge in [0.1, 0.15) is 0 Å². The predicted octanol–water partition coefficient (Wildman–Crippen LogP) is 8.24. The molecule has 0 radical (unpaired) electrons. The van der Waals surface area contributed by atoms with Gasteiger partial charge in [-0.25, -0.2) is 0 Å². The third-order valence-corrected chi connectivity index (χ3v) is 18.9. The smallest absolute Gasteiger partial charge is 0.0675 e. The minimum atomic E-state index is -0.454. The molecule has 2 aromatic heterocycles. The number of hydrogen-bond acceptors (Lipinski definition) is 4. The maximum Gasteiger partial charge on any atom is 0.0675 e. The van der Waals surface area contributed by atoms with E-state index in [0.717, 1.165) is 60.2 Å². The largest absolute Gasteiger partial charge is 0.390 e. The predicted molar refractivity (Wildman–Crippen MR) is 189 cm³/mol. The average molecular weight is 657 g/mol. The molecule has 6 heteroatoms. The molecule has 0 saturated heterocycles. The minimum absolute atomic E-state index is 0.146. The minimum Gasteiger partial charge on any atom is -0.390 e. The normalized spacial score (nSPS) is 53.0. The summed E-state index contributed by atoms with van der Waals surface area (Å²) < 4.78 is 0.